The largest absolute Gasteiger partial charge is 1.00 e. The fourth-order valence-electron chi connectivity index (χ4n) is 2.80. The zero-order valence-corrected chi connectivity index (χ0v) is 15.5. The number of allylic oxidation sites excluding steroid dienone is 1. The zero-order chi connectivity index (χ0) is 12.5. The summed E-state index contributed by atoms with van der Waals surface area (Å²) in [5, 5.41) is 0. The molecule has 0 saturated heterocycles. The second-order valence-corrected chi connectivity index (χ2v) is 7.62. The second kappa shape index (κ2) is 7.59. The molecule has 0 spiro atoms. The van der Waals surface area contributed by atoms with Gasteiger partial charge in [0.2, 0.25) is 0 Å². The summed E-state index contributed by atoms with van der Waals surface area (Å²) < 4.78 is 3.22. The van der Waals surface area contributed by atoms with Crippen molar-refractivity contribution < 1.29 is 48.0 Å². The van der Waals surface area contributed by atoms with E-state index in [2.05, 4.69) is 66.2 Å². The van der Waals surface area contributed by atoms with Gasteiger partial charge in [-0.2, -0.15) is 0 Å². The third kappa shape index (κ3) is 3.11. The molecule has 20 heavy (non-hydrogen) atoms. The summed E-state index contributed by atoms with van der Waals surface area (Å²) in [5.74, 6) is 0. The Morgan fingerprint density at radius 3 is 2.25 bits per heavy atom. The molecule has 0 saturated carbocycles. The van der Waals surface area contributed by atoms with Gasteiger partial charge in [-0.1, -0.05) is 0 Å². The third-order valence-corrected chi connectivity index (χ3v) is 6.95. The van der Waals surface area contributed by atoms with Crippen LogP contribution in [0.25, 0.3) is 17.2 Å². The van der Waals surface area contributed by atoms with Gasteiger partial charge in [-0.25, -0.2) is 0 Å². The topological polar surface area (TPSA) is 0 Å². The minimum absolute atomic E-state index is 0. The average molecular weight is 382 g/mol. The Labute approximate surface area is 145 Å². The van der Waals surface area contributed by atoms with Crippen molar-refractivity contribution in [1.29, 1.82) is 0 Å². The van der Waals surface area contributed by atoms with Gasteiger partial charge in [0.05, 0.1) is 0 Å². The van der Waals surface area contributed by atoms with Crippen LogP contribution in [0.1, 0.15) is 21.7 Å². The minimum atomic E-state index is -0.303. The van der Waals surface area contributed by atoms with Crippen LogP contribution < -0.4 is 24.8 Å². The van der Waals surface area contributed by atoms with E-state index < -0.39 is 0 Å². The van der Waals surface area contributed by atoms with Gasteiger partial charge in [0.25, 0.3) is 0 Å². The summed E-state index contributed by atoms with van der Waals surface area (Å²) in [5.41, 5.74) is 7.34. The van der Waals surface area contributed by atoms with E-state index in [4.69, 9.17) is 0 Å². The van der Waals surface area contributed by atoms with E-state index in [1.807, 2.05) is 0 Å². The molecule has 0 amide bonds. The SMILES string of the molecule is [CH3][Zr+2][CH]1C(C)=Cc2c(-c3ccccc3)cccc21.[Cl-].[Cl-]. The number of hydrogen-bond acceptors (Lipinski definition) is 0. The molecule has 1 aliphatic carbocycles. The average Bonchev–Trinajstić information content (AvgIpc) is 2.74. The van der Waals surface area contributed by atoms with Gasteiger partial charge in [0.15, 0.2) is 0 Å². The van der Waals surface area contributed by atoms with Gasteiger partial charge in [-0.05, 0) is 0 Å². The molecule has 0 heterocycles. The Morgan fingerprint density at radius 1 is 0.900 bits per heavy atom. The molecule has 0 N–H and O–H groups in total. The minimum Gasteiger partial charge on any atom is -1.00 e. The molecular weight excluding hydrogens is 366 g/mol. The molecule has 1 aliphatic rings. The molecule has 2 aromatic rings. The standard InChI is InChI=1S/C16H13.CH3.2ClH.Zr/c1-12-10-14-8-5-9-15(16(14)11-12)13-6-3-2-4-7-13;;;;/h2-11H,1H3;1H3;2*1H;/q;;;;+2/p-2. The van der Waals surface area contributed by atoms with Crippen LogP contribution >= 0.6 is 0 Å². The Kier molecular flexibility index (Phi) is 6.72. The van der Waals surface area contributed by atoms with Crippen LogP contribution in [0, 0.1) is 0 Å². The molecule has 1 atom stereocenters. The molecule has 0 nitrogen and oxygen atoms in total. The van der Waals surface area contributed by atoms with Crippen LogP contribution in [0.3, 0.4) is 0 Å². The molecule has 0 aliphatic heterocycles. The molecule has 0 aromatic heterocycles. The molecule has 1 unspecified atom stereocenters. The smallest absolute Gasteiger partial charge is 1.00 e. The third-order valence-electron chi connectivity index (χ3n) is 3.65. The molecular formula is C17H16Cl2Zr. The normalized spacial score (nSPS) is 15.3. The Bertz CT molecular complexity index is 606. The predicted molar refractivity (Wildman–Crippen MR) is 74.1 cm³/mol. The summed E-state index contributed by atoms with van der Waals surface area (Å²) in [4.78, 5) is 0. The van der Waals surface area contributed by atoms with Crippen LogP contribution in [0.4, 0.5) is 0 Å². The van der Waals surface area contributed by atoms with Gasteiger partial charge in [-0.15, -0.1) is 0 Å². The number of benzene rings is 2. The van der Waals surface area contributed by atoms with Gasteiger partial charge in [0.1, 0.15) is 0 Å². The van der Waals surface area contributed by atoms with E-state index in [1.54, 1.807) is 11.1 Å². The number of rotatable bonds is 2. The quantitative estimate of drug-likeness (QED) is 0.622. The maximum Gasteiger partial charge on any atom is -1.00 e. The number of fused-ring (bicyclic) bond motifs is 1. The summed E-state index contributed by atoms with van der Waals surface area (Å²) in [6.45, 7) is 2.30. The van der Waals surface area contributed by atoms with E-state index in [0.717, 1.165) is 3.63 Å². The monoisotopic (exact) mass is 380 g/mol. The van der Waals surface area contributed by atoms with Gasteiger partial charge in [0, 0.05) is 0 Å². The molecule has 2 aromatic carbocycles. The zero-order valence-electron chi connectivity index (χ0n) is 11.5. The fraction of sp³-hybridized carbons (Fsp3) is 0.176. The van der Waals surface area contributed by atoms with Crippen molar-refractivity contribution in [3.63, 3.8) is 0 Å². The first kappa shape index (κ1) is 17.7. The molecule has 3 rings (SSSR count). The first-order valence-corrected chi connectivity index (χ1v) is 10.2. The molecule has 0 radical (unpaired) electrons. The Balaban J connectivity index is 0.000001000. The summed E-state index contributed by atoms with van der Waals surface area (Å²) in [6.07, 6.45) is 2.41. The maximum atomic E-state index is 2.44. The van der Waals surface area contributed by atoms with E-state index >= 15 is 0 Å². The predicted octanol–water partition coefficient (Wildman–Crippen LogP) is -1.05. The van der Waals surface area contributed by atoms with E-state index in [1.165, 1.54) is 16.7 Å². The van der Waals surface area contributed by atoms with Crippen molar-refractivity contribution >= 4 is 6.08 Å². The molecule has 0 bridgehead atoms. The summed E-state index contributed by atoms with van der Waals surface area (Å²) >= 11 is -0.303. The second-order valence-electron chi connectivity index (χ2n) is 4.78. The number of halogens is 2. The molecule has 3 heteroatoms. The van der Waals surface area contributed by atoms with Crippen LogP contribution in [-0.4, -0.2) is 0 Å². The van der Waals surface area contributed by atoms with Crippen LogP contribution in [0.15, 0.2) is 54.1 Å². The van der Waals surface area contributed by atoms with E-state index in [-0.39, 0.29) is 48.0 Å². The van der Waals surface area contributed by atoms with Crippen molar-refractivity contribution in [3.8, 4) is 11.1 Å². The maximum absolute atomic E-state index is 2.44. The summed E-state index contributed by atoms with van der Waals surface area (Å²) in [7, 11) is 0. The van der Waals surface area contributed by atoms with E-state index in [9.17, 15) is 0 Å². The first-order valence-electron chi connectivity index (χ1n) is 6.35. The van der Waals surface area contributed by atoms with Crippen molar-refractivity contribution in [2.75, 3.05) is 0 Å². The van der Waals surface area contributed by atoms with Crippen molar-refractivity contribution in [2.24, 2.45) is 0 Å². The van der Waals surface area contributed by atoms with Crippen LogP contribution in [0.5, 0.6) is 0 Å². The fourth-order valence-corrected chi connectivity index (χ4v) is 5.51. The van der Waals surface area contributed by atoms with Gasteiger partial charge in [-0.3, -0.25) is 0 Å². The molecule has 102 valence electrons. The summed E-state index contributed by atoms with van der Waals surface area (Å²) in [6, 6.07) is 17.5. The van der Waals surface area contributed by atoms with Crippen molar-refractivity contribution in [1.82, 2.24) is 0 Å². The Hall–Kier alpha value is -0.357. The van der Waals surface area contributed by atoms with Crippen molar-refractivity contribution in [3.05, 3.63) is 65.2 Å². The van der Waals surface area contributed by atoms with Gasteiger partial charge < -0.3 is 24.8 Å². The molecule has 0 fully saturated rings. The van der Waals surface area contributed by atoms with Crippen LogP contribution in [0.2, 0.25) is 4.63 Å². The number of hydrogen-bond donors (Lipinski definition) is 0. The van der Waals surface area contributed by atoms with Gasteiger partial charge >= 0.3 is 121 Å². The van der Waals surface area contributed by atoms with Crippen molar-refractivity contribution in [2.45, 2.75) is 15.2 Å². The van der Waals surface area contributed by atoms with E-state index in [0.29, 0.717) is 0 Å². The van der Waals surface area contributed by atoms with Crippen LogP contribution in [-0.2, 0) is 23.2 Å². The first-order chi connectivity index (χ1) is 8.81. The Morgan fingerprint density at radius 2 is 1.60 bits per heavy atom.